The molecule has 31 heavy (non-hydrogen) atoms. The van der Waals surface area contributed by atoms with Crippen molar-refractivity contribution in [3.8, 4) is 0 Å². The van der Waals surface area contributed by atoms with E-state index in [-0.39, 0.29) is 41.2 Å². The molecule has 2 bridgehead atoms. The Morgan fingerprint density at radius 3 is 2.32 bits per heavy atom. The first-order chi connectivity index (χ1) is 15.0. The maximum Gasteiger partial charge on any atom is 0.293 e. The summed E-state index contributed by atoms with van der Waals surface area (Å²) < 4.78 is 5.32. The van der Waals surface area contributed by atoms with Crippen LogP contribution in [0.1, 0.15) is 12.0 Å². The number of nitro benzene ring substituents is 1. The number of nitro groups is 1. The normalized spacial score (nSPS) is 35.6. The van der Waals surface area contributed by atoms with Crippen molar-refractivity contribution in [1.29, 1.82) is 0 Å². The number of anilines is 1. The quantitative estimate of drug-likeness (QED) is 0.241. The average molecular weight is 422 g/mol. The number of hydrazone groups is 1. The average Bonchev–Trinajstić information content (AvgIpc) is 3.57. The predicted octanol–water partition coefficient (Wildman–Crippen LogP) is 1.82. The predicted molar refractivity (Wildman–Crippen MR) is 110 cm³/mol. The van der Waals surface area contributed by atoms with Crippen LogP contribution in [0.5, 0.6) is 0 Å². The lowest BCUT2D eigenvalue weighted by Crippen LogP contribution is -2.40. The number of benzene rings is 1. The van der Waals surface area contributed by atoms with Gasteiger partial charge in [0.15, 0.2) is 0 Å². The largest absolute Gasteiger partial charge is 0.378 e. The van der Waals surface area contributed by atoms with Gasteiger partial charge in [-0.25, -0.2) is 0 Å². The zero-order chi connectivity index (χ0) is 21.3. The van der Waals surface area contributed by atoms with Gasteiger partial charge in [-0.05, 0) is 36.2 Å². The third-order valence-electron chi connectivity index (χ3n) is 7.51. The van der Waals surface area contributed by atoms with Crippen molar-refractivity contribution in [3.05, 3.63) is 46.0 Å². The molecule has 1 aromatic rings. The fourth-order valence-corrected chi connectivity index (χ4v) is 6.02. The summed E-state index contributed by atoms with van der Waals surface area (Å²) in [6.07, 6.45) is 6.72. The Bertz CT molecular complexity index is 1010. The number of imide groups is 1. The lowest BCUT2D eigenvalue weighted by molar-refractivity contribution is -0.384. The van der Waals surface area contributed by atoms with Gasteiger partial charge < -0.3 is 9.64 Å². The fraction of sp³-hybridized carbons (Fsp3) is 0.500. The van der Waals surface area contributed by atoms with Gasteiger partial charge in [0.25, 0.3) is 17.5 Å². The number of carbonyl (C=O) groups is 2. The highest BCUT2D eigenvalue weighted by atomic mass is 16.6. The topological polar surface area (TPSA) is 105 Å². The van der Waals surface area contributed by atoms with Gasteiger partial charge in [0, 0.05) is 24.7 Å². The SMILES string of the molecule is O=C1[C@@H]2[C@H]3C=C[C@@H]([C@@H]4C[C@H]34)[C@H]2C(=O)N1/N=C\c1ccc(N2CCOCC2)c([N+](=O)[O-])c1. The van der Waals surface area contributed by atoms with Crippen molar-refractivity contribution < 1.29 is 19.2 Å². The summed E-state index contributed by atoms with van der Waals surface area (Å²) in [5, 5.41) is 16.8. The van der Waals surface area contributed by atoms with Gasteiger partial charge >= 0.3 is 0 Å². The van der Waals surface area contributed by atoms with E-state index in [1.807, 2.05) is 4.90 Å². The Morgan fingerprint density at radius 1 is 1.06 bits per heavy atom. The van der Waals surface area contributed by atoms with Crippen molar-refractivity contribution in [2.75, 3.05) is 31.2 Å². The number of allylic oxidation sites excluding steroid dienone is 2. The molecule has 160 valence electrons. The van der Waals surface area contributed by atoms with Crippen molar-refractivity contribution in [2.24, 2.45) is 40.6 Å². The second kappa shape index (κ2) is 6.71. The minimum atomic E-state index is -0.418. The van der Waals surface area contributed by atoms with E-state index in [2.05, 4.69) is 17.3 Å². The van der Waals surface area contributed by atoms with Crippen LogP contribution in [0.2, 0.25) is 0 Å². The molecule has 9 heteroatoms. The molecule has 6 atom stereocenters. The van der Waals surface area contributed by atoms with Gasteiger partial charge in [-0.2, -0.15) is 10.1 Å². The zero-order valence-electron chi connectivity index (χ0n) is 16.8. The number of morpholine rings is 1. The van der Waals surface area contributed by atoms with E-state index in [0.29, 0.717) is 49.4 Å². The molecular formula is C22H22N4O5. The maximum atomic E-state index is 13.0. The van der Waals surface area contributed by atoms with Crippen LogP contribution in [-0.2, 0) is 14.3 Å². The van der Waals surface area contributed by atoms with Crippen LogP contribution in [0, 0.1) is 45.6 Å². The smallest absolute Gasteiger partial charge is 0.293 e. The summed E-state index contributed by atoms with van der Waals surface area (Å²) >= 11 is 0. The van der Waals surface area contributed by atoms with E-state index >= 15 is 0 Å². The Balaban J connectivity index is 1.26. The molecule has 0 N–H and O–H groups in total. The molecule has 0 spiro atoms. The van der Waals surface area contributed by atoms with Gasteiger partial charge in [-0.1, -0.05) is 18.2 Å². The first kappa shape index (κ1) is 18.7. The van der Waals surface area contributed by atoms with E-state index < -0.39 is 4.92 Å². The molecular weight excluding hydrogens is 400 g/mol. The first-order valence-electron chi connectivity index (χ1n) is 10.8. The summed E-state index contributed by atoms with van der Waals surface area (Å²) in [7, 11) is 0. The molecule has 0 aromatic heterocycles. The van der Waals surface area contributed by atoms with Gasteiger partial charge in [0.2, 0.25) is 0 Å². The van der Waals surface area contributed by atoms with Crippen LogP contribution in [-0.4, -0.2) is 54.3 Å². The molecule has 0 radical (unpaired) electrons. The zero-order valence-corrected chi connectivity index (χ0v) is 16.8. The highest BCUT2D eigenvalue weighted by Crippen LogP contribution is 2.65. The van der Waals surface area contributed by atoms with Crippen molar-refractivity contribution in [3.63, 3.8) is 0 Å². The molecule has 9 nitrogen and oxygen atoms in total. The minimum Gasteiger partial charge on any atom is -0.378 e. The molecule has 6 aliphatic rings. The van der Waals surface area contributed by atoms with Crippen molar-refractivity contribution >= 4 is 29.4 Å². The molecule has 4 aliphatic carbocycles. The molecule has 4 fully saturated rings. The Labute approximate surface area is 178 Å². The van der Waals surface area contributed by atoms with Crippen molar-refractivity contribution in [2.45, 2.75) is 6.42 Å². The highest BCUT2D eigenvalue weighted by Gasteiger charge is 2.67. The van der Waals surface area contributed by atoms with Crippen molar-refractivity contribution in [1.82, 2.24) is 5.01 Å². The van der Waals surface area contributed by atoms with Crippen LogP contribution in [0.3, 0.4) is 0 Å². The number of carbonyl (C=O) groups excluding carboxylic acids is 2. The van der Waals surface area contributed by atoms with Crippen LogP contribution in [0.15, 0.2) is 35.5 Å². The summed E-state index contributed by atoms with van der Waals surface area (Å²) in [4.78, 5) is 39.1. The molecule has 2 heterocycles. The highest BCUT2D eigenvalue weighted by molar-refractivity contribution is 6.06. The van der Waals surface area contributed by atoms with Crippen LogP contribution >= 0.6 is 0 Å². The Morgan fingerprint density at radius 2 is 1.71 bits per heavy atom. The summed E-state index contributed by atoms with van der Waals surface area (Å²) in [6.45, 7) is 2.24. The molecule has 1 aromatic carbocycles. The molecule has 2 saturated carbocycles. The summed E-state index contributed by atoms with van der Waals surface area (Å²) in [5.41, 5.74) is 0.982. The third-order valence-corrected chi connectivity index (χ3v) is 7.51. The number of amides is 2. The summed E-state index contributed by atoms with van der Waals surface area (Å²) in [5.74, 6) is 0.268. The van der Waals surface area contributed by atoms with Gasteiger partial charge in [0.1, 0.15) is 5.69 Å². The number of rotatable bonds is 4. The van der Waals surface area contributed by atoms with Crippen LogP contribution in [0.25, 0.3) is 0 Å². The molecule has 7 rings (SSSR count). The monoisotopic (exact) mass is 422 g/mol. The second-order valence-electron chi connectivity index (χ2n) is 8.99. The van der Waals surface area contributed by atoms with E-state index in [4.69, 9.17) is 4.74 Å². The Hall–Kier alpha value is -3.07. The first-order valence-corrected chi connectivity index (χ1v) is 10.8. The minimum absolute atomic E-state index is 0.0269. The number of ether oxygens (including phenoxy) is 1. The molecule has 2 aliphatic heterocycles. The number of hydrogen-bond acceptors (Lipinski definition) is 7. The second-order valence-corrected chi connectivity index (χ2v) is 8.99. The third kappa shape index (κ3) is 2.76. The Kier molecular flexibility index (Phi) is 4.05. The summed E-state index contributed by atoms with van der Waals surface area (Å²) in [6, 6.07) is 4.85. The van der Waals surface area contributed by atoms with Crippen LogP contribution in [0.4, 0.5) is 11.4 Å². The number of hydrogen-bond donors (Lipinski definition) is 0. The lowest BCUT2D eigenvalue weighted by Gasteiger charge is -2.37. The molecule has 0 unspecified atom stereocenters. The fourth-order valence-electron chi connectivity index (χ4n) is 6.02. The molecule has 2 saturated heterocycles. The van der Waals surface area contributed by atoms with E-state index in [9.17, 15) is 19.7 Å². The molecule has 2 amide bonds. The van der Waals surface area contributed by atoms with E-state index in [1.165, 1.54) is 12.3 Å². The van der Waals surface area contributed by atoms with Gasteiger partial charge in [-0.15, -0.1) is 0 Å². The van der Waals surface area contributed by atoms with E-state index in [1.54, 1.807) is 12.1 Å². The van der Waals surface area contributed by atoms with Crippen LogP contribution < -0.4 is 4.90 Å². The van der Waals surface area contributed by atoms with Gasteiger partial charge in [-0.3, -0.25) is 19.7 Å². The maximum absolute atomic E-state index is 13.0. The standard InChI is InChI=1S/C22H22N4O5/c27-21-19-13-2-3-14(16-10-15(13)16)20(19)22(28)25(21)23-11-12-1-4-17(18(9-12)26(29)30)24-5-7-31-8-6-24/h1-4,9,11,13-16,19-20H,5-8,10H2/b23-11-/t13-,14-,15-,16+,19+,20+/m0/s1. The lowest BCUT2D eigenvalue weighted by atomic mass is 9.63. The number of nitrogens with zero attached hydrogens (tertiary/aromatic N) is 4. The van der Waals surface area contributed by atoms with Gasteiger partial charge in [0.05, 0.1) is 36.2 Å². The van der Waals surface area contributed by atoms with E-state index in [0.717, 1.165) is 11.4 Å².